The molecular weight excluding hydrogens is 152 g/mol. The Morgan fingerprint density at radius 3 is 2.42 bits per heavy atom. The van der Waals surface area contributed by atoms with Gasteiger partial charge in [0.25, 0.3) is 0 Å². The number of nitrogens with zero attached hydrogens (tertiary/aromatic N) is 2. The summed E-state index contributed by atoms with van der Waals surface area (Å²) in [5.41, 5.74) is 1.98. The van der Waals surface area contributed by atoms with Crippen molar-refractivity contribution >= 4 is 0 Å². The van der Waals surface area contributed by atoms with Gasteiger partial charge in [0.15, 0.2) is 5.82 Å². The van der Waals surface area contributed by atoms with E-state index in [0.29, 0.717) is 0 Å². The summed E-state index contributed by atoms with van der Waals surface area (Å²) in [4.78, 5) is 14.5. The second-order valence-corrected chi connectivity index (χ2v) is 2.80. The van der Waals surface area contributed by atoms with Crippen LogP contribution in [-0.4, -0.2) is 19.9 Å². The van der Waals surface area contributed by atoms with Crippen molar-refractivity contribution in [1.82, 2.24) is 19.9 Å². The van der Waals surface area contributed by atoms with Gasteiger partial charge in [0.05, 0.1) is 6.20 Å². The van der Waals surface area contributed by atoms with E-state index in [1.54, 1.807) is 12.4 Å². The van der Waals surface area contributed by atoms with E-state index in [0.717, 1.165) is 23.0 Å². The Balaban J connectivity index is 2.43. The lowest BCUT2D eigenvalue weighted by molar-refractivity contribution is 1.14. The number of H-pyrrole nitrogens is 2. The first-order valence-electron chi connectivity index (χ1n) is 3.79. The van der Waals surface area contributed by atoms with E-state index >= 15 is 0 Å². The minimum absolute atomic E-state index is 0.841. The summed E-state index contributed by atoms with van der Waals surface area (Å²) in [6.07, 6.45) is 3.57. The van der Waals surface area contributed by atoms with Crippen LogP contribution in [0.15, 0.2) is 12.4 Å². The predicted molar refractivity (Wildman–Crippen MR) is 45.6 cm³/mol. The minimum atomic E-state index is 0.841. The van der Waals surface area contributed by atoms with Crippen LogP contribution < -0.4 is 0 Å². The van der Waals surface area contributed by atoms with Crippen LogP contribution in [0.25, 0.3) is 11.5 Å². The smallest absolute Gasteiger partial charge is 0.155 e. The predicted octanol–water partition coefficient (Wildman–Crippen LogP) is 1.42. The van der Waals surface area contributed by atoms with Crippen LogP contribution >= 0.6 is 0 Å². The van der Waals surface area contributed by atoms with Gasteiger partial charge in [-0.05, 0) is 13.8 Å². The minimum Gasteiger partial charge on any atom is -0.341 e. The van der Waals surface area contributed by atoms with E-state index in [1.807, 2.05) is 13.8 Å². The van der Waals surface area contributed by atoms with Gasteiger partial charge in [0, 0.05) is 11.9 Å². The van der Waals surface area contributed by atoms with Gasteiger partial charge in [0.2, 0.25) is 0 Å². The highest BCUT2D eigenvalue weighted by molar-refractivity contribution is 5.48. The van der Waals surface area contributed by atoms with Crippen molar-refractivity contribution in [1.29, 1.82) is 0 Å². The molecule has 0 radical (unpaired) electrons. The Kier molecular flexibility index (Phi) is 1.46. The fourth-order valence-corrected chi connectivity index (χ4v) is 1.09. The molecule has 0 fully saturated rings. The molecule has 4 nitrogen and oxygen atoms in total. The molecule has 0 spiro atoms. The molecule has 0 atom stereocenters. The summed E-state index contributed by atoms with van der Waals surface area (Å²) in [6.45, 7) is 3.89. The summed E-state index contributed by atoms with van der Waals surface area (Å²) in [5, 5.41) is 0. The van der Waals surface area contributed by atoms with Gasteiger partial charge in [-0.3, -0.25) is 0 Å². The molecule has 0 aliphatic rings. The third kappa shape index (κ3) is 1.11. The van der Waals surface area contributed by atoms with Crippen LogP contribution in [0.2, 0.25) is 0 Å². The molecule has 62 valence electrons. The van der Waals surface area contributed by atoms with E-state index in [2.05, 4.69) is 19.9 Å². The van der Waals surface area contributed by atoms with Gasteiger partial charge in [-0.25, -0.2) is 9.97 Å². The van der Waals surface area contributed by atoms with Crippen molar-refractivity contribution in [3.63, 3.8) is 0 Å². The molecule has 0 bridgehead atoms. The molecule has 0 aliphatic heterocycles. The Morgan fingerprint density at radius 2 is 1.92 bits per heavy atom. The topological polar surface area (TPSA) is 57.4 Å². The summed E-state index contributed by atoms with van der Waals surface area (Å²) in [7, 11) is 0. The van der Waals surface area contributed by atoms with Gasteiger partial charge in [-0.1, -0.05) is 0 Å². The molecular formula is C8H10N4. The van der Waals surface area contributed by atoms with Crippen LogP contribution in [0, 0.1) is 13.8 Å². The zero-order chi connectivity index (χ0) is 8.55. The van der Waals surface area contributed by atoms with Crippen LogP contribution in [0.3, 0.4) is 0 Å². The number of aromatic amines is 2. The fraction of sp³-hybridized carbons (Fsp3) is 0.250. The highest BCUT2D eigenvalue weighted by Gasteiger charge is 2.02. The molecule has 0 saturated carbocycles. The fourth-order valence-electron chi connectivity index (χ4n) is 1.09. The SMILES string of the molecule is Cc1cnc(-c2cnc(C)[nH]2)[nH]1. The van der Waals surface area contributed by atoms with Crippen molar-refractivity contribution in [2.45, 2.75) is 13.8 Å². The van der Waals surface area contributed by atoms with E-state index in [9.17, 15) is 0 Å². The van der Waals surface area contributed by atoms with Gasteiger partial charge < -0.3 is 9.97 Å². The molecule has 0 saturated heterocycles. The first-order chi connectivity index (χ1) is 5.75. The van der Waals surface area contributed by atoms with Crippen molar-refractivity contribution < 1.29 is 0 Å². The number of aryl methyl sites for hydroxylation is 2. The molecule has 2 aromatic rings. The Bertz CT molecular complexity index is 347. The van der Waals surface area contributed by atoms with Crippen LogP contribution in [0.4, 0.5) is 0 Å². The first kappa shape index (κ1) is 7.09. The Hall–Kier alpha value is -1.58. The van der Waals surface area contributed by atoms with Gasteiger partial charge in [-0.2, -0.15) is 0 Å². The first-order valence-corrected chi connectivity index (χ1v) is 3.79. The van der Waals surface area contributed by atoms with Crippen molar-refractivity contribution in [2.75, 3.05) is 0 Å². The maximum absolute atomic E-state index is 4.17. The number of hydrogen-bond acceptors (Lipinski definition) is 2. The maximum atomic E-state index is 4.17. The molecule has 0 aromatic carbocycles. The van der Waals surface area contributed by atoms with Gasteiger partial charge >= 0.3 is 0 Å². The number of nitrogens with one attached hydrogen (secondary N) is 2. The summed E-state index contributed by atoms with van der Waals surface area (Å²) in [6, 6.07) is 0. The molecule has 12 heavy (non-hydrogen) atoms. The lowest BCUT2D eigenvalue weighted by atomic mass is 10.5. The second-order valence-electron chi connectivity index (χ2n) is 2.80. The quantitative estimate of drug-likeness (QED) is 0.666. The molecule has 0 amide bonds. The summed E-state index contributed by atoms with van der Waals surface area (Å²) < 4.78 is 0. The summed E-state index contributed by atoms with van der Waals surface area (Å²) in [5.74, 6) is 1.74. The van der Waals surface area contributed by atoms with Crippen LogP contribution in [0.5, 0.6) is 0 Å². The third-order valence-corrected chi connectivity index (χ3v) is 1.66. The Labute approximate surface area is 70.1 Å². The van der Waals surface area contributed by atoms with Crippen LogP contribution in [0.1, 0.15) is 11.5 Å². The number of rotatable bonds is 1. The van der Waals surface area contributed by atoms with E-state index in [4.69, 9.17) is 0 Å². The normalized spacial score (nSPS) is 10.5. The lowest BCUT2D eigenvalue weighted by Gasteiger charge is -1.87. The molecule has 2 rings (SSSR count). The second kappa shape index (κ2) is 2.48. The standard InChI is InChI=1S/C8H10N4/c1-5-3-10-8(11-5)7-4-9-6(2)12-7/h3-4H,1-2H3,(H,9,12)(H,10,11). The third-order valence-electron chi connectivity index (χ3n) is 1.66. The number of imidazole rings is 2. The molecule has 2 aromatic heterocycles. The average Bonchev–Trinajstić information content (AvgIpc) is 2.58. The largest absolute Gasteiger partial charge is 0.341 e. The molecule has 0 aliphatic carbocycles. The van der Waals surface area contributed by atoms with Crippen LogP contribution in [-0.2, 0) is 0 Å². The van der Waals surface area contributed by atoms with Crippen molar-refractivity contribution in [2.24, 2.45) is 0 Å². The van der Waals surface area contributed by atoms with Crippen molar-refractivity contribution in [3.8, 4) is 11.5 Å². The highest BCUT2D eigenvalue weighted by atomic mass is 15.0. The zero-order valence-electron chi connectivity index (χ0n) is 7.05. The average molecular weight is 162 g/mol. The number of aromatic nitrogens is 4. The zero-order valence-corrected chi connectivity index (χ0v) is 7.05. The van der Waals surface area contributed by atoms with Crippen molar-refractivity contribution in [3.05, 3.63) is 23.9 Å². The highest BCUT2D eigenvalue weighted by Crippen LogP contribution is 2.11. The van der Waals surface area contributed by atoms with E-state index in [1.165, 1.54) is 0 Å². The molecule has 2 heterocycles. The molecule has 0 unspecified atom stereocenters. The lowest BCUT2D eigenvalue weighted by Crippen LogP contribution is -1.80. The number of hydrogen-bond donors (Lipinski definition) is 2. The summed E-state index contributed by atoms with van der Waals surface area (Å²) >= 11 is 0. The molecule has 2 N–H and O–H groups in total. The van der Waals surface area contributed by atoms with E-state index in [-0.39, 0.29) is 0 Å². The van der Waals surface area contributed by atoms with Gasteiger partial charge in [0.1, 0.15) is 11.5 Å². The molecule has 4 heteroatoms. The maximum Gasteiger partial charge on any atom is 0.155 e. The monoisotopic (exact) mass is 162 g/mol. The Morgan fingerprint density at radius 1 is 1.08 bits per heavy atom. The van der Waals surface area contributed by atoms with E-state index < -0.39 is 0 Å². The van der Waals surface area contributed by atoms with Gasteiger partial charge in [-0.15, -0.1) is 0 Å².